The van der Waals surface area contributed by atoms with Gasteiger partial charge < -0.3 is 4.74 Å². The summed E-state index contributed by atoms with van der Waals surface area (Å²) in [5.41, 5.74) is 0.999. The van der Waals surface area contributed by atoms with Gasteiger partial charge in [-0.15, -0.1) is 0 Å². The van der Waals surface area contributed by atoms with Crippen LogP contribution in [0, 0.1) is 35.5 Å². The van der Waals surface area contributed by atoms with Crippen LogP contribution in [0.25, 0.3) is 0 Å². The van der Waals surface area contributed by atoms with E-state index in [4.69, 9.17) is 4.74 Å². The van der Waals surface area contributed by atoms with Gasteiger partial charge in [0.2, 0.25) is 0 Å². The van der Waals surface area contributed by atoms with Crippen molar-refractivity contribution in [2.24, 2.45) is 11.8 Å². The number of allylic oxidation sites excluding steroid dienone is 2. The molecule has 0 amide bonds. The van der Waals surface area contributed by atoms with Crippen LogP contribution in [0.3, 0.4) is 0 Å². The zero-order valence-corrected chi connectivity index (χ0v) is 17.8. The molecule has 28 heavy (non-hydrogen) atoms. The van der Waals surface area contributed by atoms with E-state index in [-0.39, 0.29) is 0 Å². The zero-order valence-electron chi connectivity index (χ0n) is 17.8. The average molecular weight is 377 g/mol. The molecule has 0 heterocycles. The number of hydrogen-bond donors (Lipinski definition) is 0. The van der Waals surface area contributed by atoms with E-state index in [0.29, 0.717) is 5.92 Å². The smallest absolute Gasteiger partial charge is 0.119 e. The van der Waals surface area contributed by atoms with Crippen molar-refractivity contribution < 1.29 is 4.74 Å². The maximum Gasteiger partial charge on any atom is 0.119 e. The summed E-state index contributed by atoms with van der Waals surface area (Å²) < 4.78 is 5.58. The first kappa shape index (κ1) is 22.2. The molecule has 1 saturated carbocycles. The molecule has 0 bridgehead atoms. The summed E-state index contributed by atoms with van der Waals surface area (Å²) in [6.07, 6.45) is 17.1. The SMILES string of the molecule is CCCCCCC1CCC(C#C/C=C/C#Cc2ccc(OCCC)cc2)CC1. The molecular formula is C27H36O. The summed E-state index contributed by atoms with van der Waals surface area (Å²) in [6, 6.07) is 7.95. The maximum absolute atomic E-state index is 5.58. The molecule has 0 atom stereocenters. The first-order valence-corrected chi connectivity index (χ1v) is 11.2. The highest BCUT2D eigenvalue weighted by atomic mass is 16.5. The molecule has 0 spiro atoms. The number of unbranched alkanes of at least 4 members (excludes halogenated alkanes) is 3. The van der Waals surface area contributed by atoms with Crippen molar-refractivity contribution in [2.45, 2.75) is 78.1 Å². The molecule has 1 fully saturated rings. The van der Waals surface area contributed by atoms with Crippen LogP contribution in [0.2, 0.25) is 0 Å². The normalized spacial score (nSPS) is 18.8. The maximum atomic E-state index is 5.58. The summed E-state index contributed by atoms with van der Waals surface area (Å²) in [7, 11) is 0. The van der Waals surface area contributed by atoms with Crippen molar-refractivity contribution in [1.29, 1.82) is 0 Å². The molecule has 0 aromatic heterocycles. The van der Waals surface area contributed by atoms with Crippen molar-refractivity contribution in [2.75, 3.05) is 6.61 Å². The average Bonchev–Trinajstić information content (AvgIpc) is 2.74. The van der Waals surface area contributed by atoms with E-state index < -0.39 is 0 Å². The quantitative estimate of drug-likeness (QED) is 0.345. The second-order valence-corrected chi connectivity index (χ2v) is 7.83. The highest BCUT2D eigenvalue weighted by Gasteiger charge is 2.19. The minimum Gasteiger partial charge on any atom is -0.494 e. The van der Waals surface area contributed by atoms with Gasteiger partial charge in [0.25, 0.3) is 0 Å². The minimum absolute atomic E-state index is 0.583. The monoisotopic (exact) mass is 376 g/mol. The van der Waals surface area contributed by atoms with Gasteiger partial charge >= 0.3 is 0 Å². The molecule has 1 aromatic carbocycles. The molecule has 1 heteroatoms. The van der Waals surface area contributed by atoms with E-state index in [9.17, 15) is 0 Å². The molecule has 2 rings (SSSR count). The summed E-state index contributed by atoms with van der Waals surface area (Å²) in [6.45, 7) is 5.15. The van der Waals surface area contributed by atoms with Crippen molar-refractivity contribution in [3.8, 4) is 29.4 Å². The summed E-state index contributed by atoms with van der Waals surface area (Å²) in [5, 5.41) is 0. The van der Waals surface area contributed by atoms with E-state index >= 15 is 0 Å². The second kappa shape index (κ2) is 14.0. The van der Waals surface area contributed by atoms with Crippen molar-refractivity contribution in [1.82, 2.24) is 0 Å². The van der Waals surface area contributed by atoms with Crippen LogP contribution in [0.1, 0.15) is 83.6 Å². The van der Waals surface area contributed by atoms with E-state index in [1.807, 2.05) is 36.4 Å². The topological polar surface area (TPSA) is 9.23 Å². The molecule has 1 aromatic rings. The molecule has 0 aliphatic heterocycles. The van der Waals surface area contributed by atoms with Gasteiger partial charge in [0.05, 0.1) is 6.61 Å². The Hall–Kier alpha value is -2.12. The van der Waals surface area contributed by atoms with Gasteiger partial charge in [0, 0.05) is 11.5 Å². The lowest BCUT2D eigenvalue weighted by Gasteiger charge is -2.25. The number of rotatable bonds is 8. The fraction of sp³-hybridized carbons (Fsp3) is 0.556. The lowest BCUT2D eigenvalue weighted by molar-refractivity contribution is 0.294. The Labute approximate surface area is 173 Å². The third kappa shape index (κ3) is 9.19. The number of hydrogen-bond acceptors (Lipinski definition) is 1. The largest absolute Gasteiger partial charge is 0.494 e. The third-order valence-electron chi connectivity index (χ3n) is 5.39. The molecule has 150 valence electrons. The van der Waals surface area contributed by atoms with Crippen LogP contribution in [-0.2, 0) is 0 Å². The van der Waals surface area contributed by atoms with Crippen LogP contribution >= 0.6 is 0 Å². The van der Waals surface area contributed by atoms with Gasteiger partial charge in [-0.05, 0) is 74.4 Å². The second-order valence-electron chi connectivity index (χ2n) is 7.83. The van der Waals surface area contributed by atoms with Crippen LogP contribution in [0.5, 0.6) is 5.75 Å². The highest BCUT2D eigenvalue weighted by molar-refractivity contribution is 5.40. The van der Waals surface area contributed by atoms with Crippen LogP contribution in [0.15, 0.2) is 36.4 Å². The van der Waals surface area contributed by atoms with E-state index in [0.717, 1.165) is 30.3 Å². The Bertz CT molecular complexity index is 682. The fourth-order valence-corrected chi connectivity index (χ4v) is 3.68. The molecule has 1 aliphatic carbocycles. The first-order valence-electron chi connectivity index (χ1n) is 11.2. The Morgan fingerprint density at radius 1 is 0.893 bits per heavy atom. The predicted octanol–water partition coefficient (Wildman–Crippen LogP) is 7.16. The zero-order chi connectivity index (χ0) is 19.9. The predicted molar refractivity (Wildman–Crippen MR) is 120 cm³/mol. The molecule has 0 saturated heterocycles. The van der Waals surface area contributed by atoms with Crippen LogP contribution in [0.4, 0.5) is 0 Å². The molecule has 1 aliphatic rings. The van der Waals surface area contributed by atoms with Gasteiger partial charge in [-0.2, -0.15) is 0 Å². The van der Waals surface area contributed by atoms with Gasteiger partial charge in [0.1, 0.15) is 5.75 Å². The van der Waals surface area contributed by atoms with Crippen LogP contribution < -0.4 is 4.74 Å². The number of benzene rings is 1. The first-order chi connectivity index (χ1) is 13.8. The Morgan fingerprint density at radius 2 is 1.64 bits per heavy atom. The fourth-order valence-electron chi connectivity index (χ4n) is 3.68. The summed E-state index contributed by atoms with van der Waals surface area (Å²) in [4.78, 5) is 0. The minimum atomic E-state index is 0.583. The van der Waals surface area contributed by atoms with E-state index in [1.54, 1.807) is 0 Å². The van der Waals surface area contributed by atoms with Crippen molar-refractivity contribution in [3.63, 3.8) is 0 Å². The molecule has 1 nitrogen and oxygen atoms in total. The summed E-state index contributed by atoms with van der Waals surface area (Å²) >= 11 is 0. The molecular weight excluding hydrogens is 340 g/mol. The lowest BCUT2D eigenvalue weighted by atomic mass is 9.80. The van der Waals surface area contributed by atoms with Gasteiger partial charge in [-0.3, -0.25) is 0 Å². The molecule has 0 unspecified atom stereocenters. The Kier molecular flexibility index (Phi) is 11.1. The van der Waals surface area contributed by atoms with Gasteiger partial charge in [0.15, 0.2) is 0 Å². The third-order valence-corrected chi connectivity index (χ3v) is 5.39. The van der Waals surface area contributed by atoms with Gasteiger partial charge in [-0.25, -0.2) is 0 Å². The molecule has 0 N–H and O–H groups in total. The van der Waals surface area contributed by atoms with Crippen LogP contribution in [-0.4, -0.2) is 6.61 Å². The van der Waals surface area contributed by atoms with E-state index in [2.05, 4.69) is 37.5 Å². The van der Waals surface area contributed by atoms with Gasteiger partial charge in [-0.1, -0.05) is 69.6 Å². The van der Waals surface area contributed by atoms with Crippen molar-refractivity contribution in [3.05, 3.63) is 42.0 Å². The standard InChI is InChI=1S/C27H36O/c1-3-5-6-9-12-24-15-17-25(18-16-24)13-10-7-8-11-14-26-19-21-27(22-20-26)28-23-4-2/h7-8,19-22,24-25H,3-6,9,12,15-18,23H2,1-2H3/b8-7+. The Morgan fingerprint density at radius 3 is 2.36 bits per heavy atom. The highest BCUT2D eigenvalue weighted by Crippen LogP contribution is 2.31. The Balaban J connectivity index is 1.67. The van der Waals surface area contributed by atoms with Crippen molar-refractivity contribution >= 4 is 0 Å². The number of ether oxygens (including phenoxy) is 1. The summed E-state index contributed by atoms with van der Waals surface area (Å²) in [5.74, 6) is 15.3. The molecule has 0 radical (unpaired) electrons. The van der Waals surface area contributed by atoms with E-state index in [1.165, 1.54) is 57.8 Å². The lowest BCUT2D eigenvalue weighted by Crippen LogP contribution is -2.13.